The first-order chi connectivity index (χ1) is 12.3. The quantitative estimate of drug-likeness (QED) is 0.688. The summed E-state index contributed by atoms with van der Waals surface area (Å²) in [5.74, 6) is 0. The van der Waals surface area contributed by atoms with Gasteiger partial charge in [-0.25, -0.2) is 0 Å². The van der Waals surface area contributed by atoms with E-state index in [-0.39, 0.29) is 5.54 Å². The van der Waals surface area contributed by atoms with E-state index in [1.54, 1.807) is 0 Å². The molecular formula is C22H29ClN2. The summed E-state index contributed by atoms with van der Waals surface area (Å²) in [6.45, 7) is 1.04. The molecule has 0 bridgehead atoms. The van der Waals surface area contributed by atoms with Gasteiger partial charge in [0.1, 0.15) is 0 Å². The van der Waals surface area contributed by atoms with Crippen LogP contribution in [-0.2, 0) is 12.0 Å². The third kappa shape index (κ3) is 4.25. The van der Waals surface area contributed by atoms with Crippen LogP contribution in [0.25, 0.3) is 0 Å². The second-order valence-corrected chi connectivity index (χ2v) is 7.45. The molecule has 2 aromatic rings. The van der Waals surface area contributed by atoms with Crippen molar-refractivity contribution in [2.45, 2.75) is 50.1 Å². The molecule has 0 heterocycles. The van der Waals surface area contributed by atoms with Crippen LogP contribution in [0, 0.1) is 0 Å². The Morgan fingerprint density at radius 2 is 1.80 bits per heavy atom. The summed E-state index contributed by atoms with van der Waals surface area (Å²) in [6.07, 6.45) is 7.13. The normalized spacial score (nSPS) is 23.5. The van der Waals surface area contributed by atoms with E-state index < -0.39 is 0 Å². The molecule has 3 rings (SSSR count). The van der Waals surface area contributed by atoms with Gasteiger partial charge in [0.05, 0.1) is 5.54 Å². The van der Waals surface area contributed by atoms with E-state index in [2.05, 4.69) is 60.1 Å². The minimum Gasteiger partial charge on any atom is -0.312 e. The Hall–Kier alpha value is -1.35. The molecule has 0 aromatic heterocycles. The SMILES string of the molecule is CN[C@]1(c2ccccc2Cl)CCCC[C@@H]1NCCCc1ccccc1. The highest BCUT2D eigenvalue weighted by atomic mass is 35.5. The predicted octanol–water partition coefficient (Wildman–Crippen LogP) is 4.92. The molecule has 1 saturated carbocycles. The lowest BCUT2D eigenvalue weighted by Gasteiger charge is -2.45. The van der Waals surface area contributed by atoms with Gasteiger partial charge in [-0.3, -0.25) is 0 Å². The molecule has 1 fully saturated rings. The van der Waals surface area contributed by atoms with E-state index >= 15 is 0 Å². The third-order valence-corrected chi connectivity index (χ3v) is 5.91. The van der Waals surface area contributed by atoms with Gasteiger partial charge in [-0.2, -0.15) is 0 Å². The van der Waals surface area contributed by atoms with Crippen molar-refractivity contribution in [2.24, 2.45) is 0 Å². The number of rotatable bonds is 7. The zero-order chi connectivity index (χ0) is 17.5. The predicted molar refractivity (Wildman–Crippen MR) is 107 cm³/mol. The van der Waals surface area contributed by atoms with E-state index in [9.17, 15) is 0 Å². The molecule has 134 valence electrons. The molecule has 0 unspecified atom stereocenters. The Balaban J connectivity index is 1.66. The summed E-state index contributed by atoms with van der Waals surface area (Å²) in [5.41, 5.74) is 2.59. The molecule has 1 aliphatic carbocycles. The average molecular weight is 357 g/mol. The van der Waals surface area contributed by atoms with E-state index in [1.165, 1.54) is 30.4 Å². The van der Waals surface area contributed by atoms with Crippen molar-refractivity contribution in [2.75, 3.05) is 13.6 Å². The van der Waals surface area contributed by atoms with Gasteiger partial charge in [-0.15, -0.1) is 0 Å². The van der Waals surface area contributed by atoms with Crippen molar-refractivity contribution in [3.8, 4) is 0 Å². The molecule has 0 saturated heterocycles. The second-order valence-electron chi connectivity index (χ2n) is 7.04. The largest absolute Gasteiger partial charge is 0.312 e. The number of hydrogen-bond acceptors (Lipinski definition) is 2. The fourth-order valence-electron chi connectivity index (χ4n) is 4.24. The lowest BCUT2D eigenvalue weighted by atomic mass is 9.72. The first-order valence-electron chi connectivity index (χ1n) is 9.47. The molecule has 1 aliphatic rings. The topological polar surface area (TPSA) is 24.1 Å². The van der Waals surface area contributed by atoms with Gasteiger partial charge in [0.2, 0.25) is 0 Å². The zero-order valence-electron chi connectivity index (χ0n) is 15.1. The fraction of sp³-hybridized carbons (Fsp3) is 0.455. The molecule has 2 aromatic carbocycles. The van der Waals surface area contributed by atoms with Crippen molar-refractivity contribution in [1.82, 2.24) is 10.6 Å². The molecule has 25 heavy (non-hydrogen) atoms. The van der Waals surface area contributed by atoms with Gasteiger partial charge in [-0.1, -0.05) is 73.0 Å². The van der Waals surface area contributed by atoms with Crippen molar-refractivity contribution < 1.29 is 0 Å². The average Bonchev–Trinajstić information content (AvgIpc) is 2.67. The van der Waals surface area contributed by atoms with Gasteiger partial charge >= 0.3 is 0 Å². The second kappa shape index (κ2) is 8.84. The number of hydrogen-bond donors (Lipinski definition) is 2. The summed E-state index contributed by atoms with van der Waals surface area (Å²) in [7, 11) is 2.08. The van der Waals surface area contributed by atoms with Crippen LogP contribution in [0.1, 0.15) is 43.2 Å². The van der Waals surface area contributed by atoms with Crippen LogP contribution in [0.2, 0.25) is 5.02 Å². The highest BCUT2D eigenvalue weighted by Crippen LogP contribution is 2.40. The number of halogens is 1. The van der Waals surface area contributed by atoms with Crippen molar-refractivity contribution >= 4 is 11.6 Å². The first-order valence-corrected chi connectivity index (χ1v) is 9.85. The number of likely N-dealkylation sites (N-methyl/N-ethyl adjacent to an activating group) is 1. The van der Waals surface area contributed by atoms with Crippen molar-refractivity contribution in [3.05, 3.63) is 70.7 Å². The summed E-state index contributed by atoms with van der Waals surface area (Å²) in [4.78, 5) is 0. The van der Waals surface area contributed by atoms with Gasteiger partial charge in [0, 0.05) is 11.1 Å². The highest BCUT2D eigenvalue weighted by molar-refractivity contribution is 6.31. The fourth-order valence-corrected chi connectivity index (χ4v) is 4.55. The van der Waals surface area contributed by atoms with Gasteiger partial charge in [0.15, 0.2) is 0 Å². The standard InChI is InChI=1S/C22H29ClN2/c1-24-22(19-13-5-6-14-20(19)23)16-8-7-15-21(22)25-17-9-12-18-10-3-2-4-11-18/h2-6,10-11,13-14,21,24-25H,7-9,12,15-17H2,1H3/t21-,22-/m0/s1. The summed E-state index contributed by atoms with van der Waals surface area (Å²) in [5, 5.41) is 8.34. The Bertz CT molecular complexity index is 658. The van der Waals surface area contributed by atoms with Gasteiger partial charge in [0.25, 0.3) is 0 Å². The Labute approximate surface area is 157 Å². The van der Waals surface area contributed by atoms with Crippen LogP contribution in [0.4, 0.5) is 0 Å². The van der Waals surface area contributed by atoms with Gasteiger partial charge in [-0.05, 0) is 56.5 Å². The smallest absolute Gasteiger partial charge is 0.0602 e. The first kappa shape index (κ1) is 18.4. The van der Waals surface area contributed by atoms with Crippen LogP contribution >= 0.6 is 11.6 Å². The molecule has 0 aliphatic heterocycles. The lowest BCUT2D eigenvalue weighted by molar-refractivity contribution is 0.178. The Kier molecular flexibility index (Phi) is 6.52. The van der Waals surface area contributed by atoms with Crippen LogP contribution in [0.3, 0.4) is 0 Å². The monoisotopic (exact) mass is 356 g/mol. The number of nitrogens with one attached hydrogen (secondary N) is 2. The van der Waals surface area contributed by atoms with E-state index in [0.29, 0.717) is 6.04 Å². The third-order valence-electron chi connectivity index (χ3n) is 5.59. The summed E-state index contributed by atoms with van der Waals surface area (Å²) in [6, 6.07) is 19.5. The van der Waals surface area contributed by atoms with Crippen LogP contribution in [0.5, 0.6) is 0 Å². The zero-order valence-corrected chi connectivity index (χ0v) is 15.9. The molecular weight excluding hydrogens is 328 g/mol. The number of aryl methyl sites for hydroxylation is 1. The molecule has 2 atom stereocenters. The summed E-state index contributed by atoms with van der Waals surface area (Å²) < 4.78 is 0. The Morgan fingerprint density at radius 1 is 1.04 bits per heavy atom. The molecule has 2 nitrogen and oxygen atoms in total. The maximum absolute atomic E-state index is 6.56. The number of benzene rings is 2. The van der Waals surface area contributed by atoms with Crippen molar-refractivity contribution in [3.63, 3.8) is 0 Å². The molecule has 0 radical (unpaired) electrons. The summed E-state index contributed by atoms with van der Waals surface area (Å²) >= 11 is 6.56. The molecule has 2 N–H and O–H groups in total. The maximum Gasteiger partial charge on any atom is 0.0602 e. The minimum absolute atomic E-state index is 0.0661. The molecule has 0 spiro atoms. The van der Waals surface area contributed by atoms with Crippen LogP contribution < -0.4 is 10.6 Å². The van der Waals surface area contributed by atoms with Gasteiger partial charge < -0.3 is 10.6 Å². The Morgan fingerprint density at radius 3 is 2.56 bits per heavy atom. The van der Waals surface area contributed by atoms with Crippen molar-refractivity contribution in [1.29, 1.82) is 0 Å². The molecule has 0 amide bonds. The van der Waals surface area contributed by atoms with E-state index in [4.69, 9.17) is 11.6 Å². The van der Waals surface area contributed by atoms with Crippen LogP contribution in [0.15, 0.2) is 54.6 Å². The van der Waals surface area contributed by atoms with E-state index in [0.717, 1.165) is 30.8 Å². The maximum atomic E-state index is 6.56. The molecule has 3 heteroatoms. The lowest BCUT2D eigenvalue weighted by Crippen LogP contribution is -2.58. The minimum atomic E-state index is -0.0661. The van der Waals surface area contributed by atoms with E-state index in [1.807, 2.05) is 12.1 Å². The highest BCUT2D eigenvalue weighted by Gasteiger charge is 2.41. The van der Waals surface area contributed by atoms with Crippen LogP contribution in [-0.4, -0.2) is 19.6 Å².